The SMILES string of the molecule is CCCNS(=O)(=O)c1cc(Cl)c(C)cc1Cl. The van der Waals surface area contributed by atoms with Gasteiger partial charge in [-0.3, -0.25) is 0 Å². The molecule has 0 aliphatic heterocycles. The van der Waals surface area contributed by atoms with Gasteiger partial charge in [-0.1, -0.05) is 30.1 Å². The minimum atomic E-state index is -3.56. The van der Waals surface area contributed by atoms with Gasteiger partial charge in [0.2, 0.25) is 10.0 Å². The summed E-state index contributed by atoms with van der Waals surface area (Å²) in [6, 6.07) is 2.92. The molecule has 90 valence electrons. The number of hydrogen-bond acceptors (Lipinski definition) is 2. The normalized spacial score (nSPS) is 11.8. The maximum Gasteiger partial charge on any atom is 0.242 e. The molecule has 0 aliphatic rings. The molecule has 0 radical (unpaired) electrons. The number of nitrogens with one attached hydrogen (secondary N) is 1. The Hall–Kier alpha value is -0.290. The van der Waals surface area contributed by atoms with Crippen LogP contribution >= 0.6 is 23.2 Å². The molecule has 0 heterocycles. The molecule has 0 aromatic heterocycles. The van der Waals surface area contributed by atoms with Crippen LogP contribution in [0.15, 0.2) is 17.0 Å². The van der Waals surface area contributed by atoms with Gasteiger partial charge in [-0.2, -0.15) is 0 Å². The number of sulfonamides is 1. The summed E-state index contributed by atoms with van der Waals surface area (Å²) >= 11 is 11.8. The van der Waals surface area contributed by atoms with E-state index in [1.165, 1.54) is 6.07 Å². The lowest BCUT2D eigenvalue weighted by Crippen LogP contribution is -2.24. The van der Waals surface area contributed by atoms with Gasteiger partial charge in [0.1, 0.15) is 4.90 Å². The second kappa shape index (κ2) is 5.36. The Kier molecular flexibility index (Phi) is 4.62. The van der Waals surface area contributed by atoms with Gasteiger partial charge in [-0.15, -0.1) is 0 Å². The third kappa shape index (κ3) is 3.10. The Morgan fingerprint density at radius 2 is 1.88 bits per heavy atom. The van der Waals surface area contributed by atoms with E-state index in [1.807, 2.05) is 6.92 Å². The Labute approximate surface area is 106 Å². The van der Waals surface area contributed by atoms with Crippen molar-refractivity contribution in [2.45, 2.75) is 25.2 Å². The van der Waals surface area contributed by atoms with Crippen LogP contribution in [-0.4, -0.2) is 15.0 Å². The number of benzene rings is 1. The van der Waals surface area contributed by atoms with Crippen LogP contribution in [0.4, 0.5) is 0 Å². The van der Waals surface area contributed by atoms with Crippen LogP contribution in [0.2, 0.25) is 10.0 Å². The van der Waals surface area contributed by atoms with Crippen molar-refractivity contribution in [3.05, 3.63) is 27.7 Å². The summed E-state index contributed by atoms with van der Waals surface area (Å²) in [6.07, 6.45) is 0.719. The van der Waals surface area contributed by atoms with Crippen molar-refractivity contribution in [1.29, 1.82) is 0 Å². The zero-order chi connectivity index (χ0) is 12.3. The van der Waals surface area contributed by atoms with E-state index >= 15 is 0 Å². The van der Waals surface area contributed by atoms with Crippen molar-refractivity contribution in [1.82, 2.24) is 4.72 Å². The molecule has 0 unspecified atom stereocenters. The largest absolute Gasteiger partial charge is 0.242 e. The second-order valence-electron chi connectivity index (χ2n) is 3.43. The van der Waals surface area contributed by atoms with E-state index in [-0.39, 0.29) is 9.92 Å². The fourth-order valence-electron chi connectivity index (χ4n) is 1.15. The van der Waals surface area contributed by atoms with Crippen molar-refractivity contribution in [2.75, 3.05) is 6.54 Å². The lowest BCUT2D eigenvalue weighted by Gasteiger charge is -2.09. The highest BCUT2D eigenvalue weighted by Gasteiger charge is 2.18. The van der Waals surface area contributed by atoms with E-state index in [2.05, 4.69) is 4.72 Å². The topological polar surface area (TPSA) is 46.2 Å². The zero-order valence-electron chi connectivity index (χ0n) is 9.05. The minimum absolute atomic E-state index is 0.0261. The summed E-state index contributed by atoms with van der Waals surface area (Å²) in [4.78, 5) is 0.0261. The lowest BCUT2D eigenvalue weighted by molar-refractivity contribution is 0.581. The standard InChI is InChI=1S/C10H13Cl2NO2S/c1-3-4-13-16(14,15)10-6-8(11)7(2)5-9(10)12/h5-6,13H,3-4H2,1-2H3. The summed E-state index contributed by atoms with van der Waals surface area (Å²) in [5.74, 6) is 0. The van der Waals surface area contributed by atoms with E-state index in [1.54, 1.807) is 13.0 Å². The highest BCUT2D eigenvalue weighted by atomic mass is 35.5. The first-order valence-corrected chi connectivity index (χ1v) is 7.07. The van der Waals surface area contributed by atoms with E-state index in [9.17, 15) is 8.42 Å². The highest BCUT2D eigenvalue weighted by Crippen LogP contribution is 2.27. The fraction of sp³-hybridized carbons (Fsp3) is 0.400. The van der Waals surface area contributed by atoms with Crippen molar-refractivity contribution in [3.63, 3.8) is 0 Å². The van der Waals surface area contributed by atoms with Crippen LogP contribution in [0.5, 0.6) is 0 Å². The summed E-state index contributed by atoms with van der Waals surface area (Å²) in [6.45, 7) is 4.03. The van der Waals surface area contributed by atoms with Crippen molar-refractivity contribution in [3.8, 4) is 0 Å². The predicted molar refractivity (Wildman–Crippen MR) is 66.7 cm³/mol. The average Bonchev–Trinajstić information content (AvgIpc) is 2.20. The van der Waals surface area contributed by atoms with Crippen LogP contribution in [0.1, 0.15) is 18.9 Å². The third-order valence-corrected chi connectivity index (χ3v) is 4.38. The first-order valence-electron chi connectivity index (χ1n) is 4.83. The monoisotopic (exact) mass is 281 g/mol. The number of rotatable bonds is 4. The lowest BCUT2D eigenvalue weighted by atomic mass is 10.2. The van der Waals surface area contributed by atoms with Gasteiger partial charge < -0.3 is 0 Å². The summed E-state index contributed by atoms with van der Waals surface area (Å²) in [7, 11) is -3.56. The number of hydrogen-bond donors (Lipinski definition) is 1. The molecule has 1 aromatic rings. The van der Waals surface area contributed by atoms with Gasteiger partial charge in [-0.05, 0) is 31.0 Å². The molecule has 0 spiro atoms. The molecule has 0 aliphatic carbocycles. The van der Waals surface area contributed by atoms with E-state index < -0.39 is 10.0 Å². The number of aryl methyl sites for hydroxylation is 1. The predicted octanol–water partition coefficient (Wildman–Crippen LogP) is 2.99. The molecule has 16 heavy (non-hydrogen) atoms. The van der Waals surface area contributed by atoms with Crippen LogP contribution in [0.25, 0.3) is 0 Å². The molecule has 0 saturated heterocycles. The summed E-state index contributed by atoms with van der Waals surface area (Å²) < 4.78 is 26.1. The molecule has 0 bridgehead atoms. The molecule has 1 rings (SSSR count). The first kappa shape index (κ1) is 13.8. The molecule has 1 N–H and O–H groups in total. The Morgan fingerprint density at radius 1 is 1.25 bits per heavy atom. The molecular formula is C10H13Cl2NO2S. The zero-order valence-corrected chi connectivity index (χ0v) is 11.4. The van der Waals surface area contributed by atoms with Crippen molar-refractivity contribution >= 4 is 33.2 Å². The molecule has 1 aromatic carbocycles. The van der Waals surface area contributed by atoms with Gasteiger partial charge in [0.05, 0.1) is 5.02 Å². The van der Waals surface area contributed by atoms with E-state index in [0.29, 0.717) is 11.6 Å². The molecule has 0 amide bonds. The second-order valence-corrected chi connectivity index (χ2v) is 5.98. The molecule has 6 heteroatoms. The molecule has 0 atom stereocenters. The van der Waals surface area contributed by atoms with E-state index in [0.717, 1.165) is 12.0 Å². The Bertz CT molecular complexity index is 486. The third-order valence-electron chi connectivity index (χ3n) is 2.04. The first-order chi connectivity index (χ1) is 7.38. The Balaban J connectivity index is 3.18. The molecular weight excluding hydrogens is 269 g/mol. The van der Waals surface area contributed by atoms with Gasteiger partial charge in [-0.25, -0.2) is 13.1 Å². The van der Waals surface area contributed by atoms with Crippen LogP contribution in [0, 0.1) is 6.92 Å². The average molecular weight is 282 g/mol. The maximum absolute atomic E-state index is 11.8. The maximum atomic E-state index is 11.8. The minimum Gasteiger partial charge on any atom is -0.211 e. The summed E-state index contributed by atoms with van der Waals surface area (Å²) in [5.41, 5.74) is 0.751. The van der Waals surface area contributed by atoms with E-state index in [4.69, 9.17) is 23.2 Å². The fourth-order valence-corrected chi connectivity index (χ4v) is 3.12. The van der Waals surface area contributed by atoms with Gasteiger partial charge in [0, 0.05) is 11.6 Å². The van der Waals surface area contributed by atoms with Crippen molar-refractivity contribution < 1.29 is 8.42 Å². The summed E-state index contributed by atoms with van der Waals surface area (Å²) in [5, 5.41) is 0.576. The van der Waals surface area contributed by atoms with Crippen molar-refractivity contribution in [2.24, 2.45) is 0 Å². The van der Waals surface area contributed by atoms with Crippen LogP contribution in [-0.2, 0) is 10.0 Å². The van der Waals surface area contributed by atoms with Crippen LogP contribution in [0.3, 0.4) is 0 Å². The van der Waals surface area contributed by atoms with Crippen LogP contribution < -0.4 is 4.72 Å². The Morgan fingerprint density at radius 3 is 2.44 bits per heavy atom. The molecule has 3 nitrogen and oxygen atoms in total. The number of halogens is 2. The molecule has 0 fully saturated rings. The quantitative estimate of drug-likeness (QED) is 0.922. The molecule has 0 saturated carbocycles. The highest BCUT2D eigenvalue weighted by molar-refractivity contribution is 7.89. The smallest absolute Gasteiger partial charge is 0.211 e. The van der Waals surface area contributed by atoms with Gasteiger partial charge in [0.15, 0.2) is 0 Å². The van der Waals surface area contributed by atoms with Gasteiger partial charge in [0.25, 0.3) is 0 Å². The van der Waals surface area contributed by atoms with Gasteiger partial charge >= 0.3 is 0 Å².